The Balaban J connectivity index is 1.90. The Morgan fingerprint density at radius 3 is 2.03 bits per heavy atom. The van der Waals surface area contributed by atoms with Crippen molar-refractivity contribution in [3.05, 3.63) is 158 Å². The SMILES string of the molecule is CC(C)c1cc2c(c(C3=CC=CC3)c1=C(c1ccccc1)c1ccccc1)[C]=c1ccccc1=2. The molecule has 0 saturated carbocycles. The van der Waals surface area contributed by atoms with E-state index in [-0.39, 0.29) is 0 Å². The number of benzene rings is 4. The van der Waals surface area contributed by atoms with Crippen molar-refractivity contribution in [1.29, 1.82) is 0 Å². The second-order valence-electron chi connectivity index (χ2n) is 9.39. The van der Waals surface area contributed by atoms with Crippen LogP contribution in [0.5, 0.6) is 0 Å². The minimum atomic E-state index is 0.379. The molecule has 163 valence electrons. The highest BCUT2D eigenvalue weighted by Crippen LogP contribution is 2.32. The molecule has 0 bridgehead atoms. The Bertz CT molecular complexity index is 1620. The molecule has 0 N–H and O–H groups in total. The largest absolute Gasteiger partial charge is 0.0801 e. The average molecular weight is 436 g/mol. The lowest BCUT2D eigenvalue weighted by molar-refractivity contribution is 0.855. The molecule has 4 aromatic rings. The van der Waals surface area contributed by atoms with E-state index < -0.39 is 0 Å². The van der Waals surface area contributed by atoms with Crippen molar-refractivity contribution in [2.45, 2.75) is 26.2 Å². The molecule has 2 aliphatic rings. The van der Waals surface area contributed by atoms with Crippen LogP contribution in [0.2, 0.25) is 0 Å². The van der Waals surface area contributed by atoms with Crippen molar-refractivity contribution < 1.29 is 0 Å². The van der Waals surface area contributed by atoms with Crippen molar-refractivity contribution in [1.82, 2.24) is 0 Å². The highest BCUT2D eigenvalue weighted by atomic mass is 14.2. The maximum atomic E-state index is 3.81. The fourth-order valence-corrected chi connectivity index (χ4v) is 5.35. The van der Waals surface area contributed by atoms with Gasteiger partial charge in [-0.05, 0) is 84.3 Å². The standard InChI is InChI=1S/C34H27/c1-23(2)29-22-30-28-20-12-11-19-27(28)21-31(30)33(26-17-9-10-18-26)34(29)32(24-13-5-3-6-14-24)25-15-7-4-8-16-25/h3-17,19-20,22-23H,18H2,1-2H3. The summed E-state index contributed by atoms with van der Waals surface area (Å²) in [5, 5.41) is 5.14. The molecular formula is C34H27. The Labute approximate surface area is 201 Å². The number of hydrogen-bond donors (Lipinski definition) is 0. The molecule has 0 heteroatoms. The lowest BCUT2D eigenvalue weighted by atomic mass is 9.83. The molecule has 4 aromatic carbocycles. The van der Waals surface area contributed by atoms with Crippen LogP contribution < -0.4 is 10.4 Å². The van der Waals surface area contributed by atoms with Crippen molar-refractivity contribution >= 4 is 17.2 Å². The molecule has 0 unspecified atom stereocenters. The Morgan fingerprint density at radius 1 is 0.765 bits per heavy atom. The zero-order valence-corrected chi connectivity index (χ0v) is 19.7. The molecule has 1 radical (unpaired) electrons. The lowest BCUT2D eigenvalue weighted by Gasteiger charge is -2.20. The van der Waals surface area contributed by atoms with Crippen LogP contribution in [0, 0.1) is 10.4 Å². The van der Waals surface area contributed by atoms with Crippen molar-refractivity contribution in [2.75, 3.05) is 0 Å². The molecule has 0 nitrogen and oxygen atoms in total. The van der Waals surface area contributed by atoms with Gasteiger partial charge in [0.05, 0.1) is 0 Å². The van der Waals surface area contributed by atoms with E-state index in [9.17, 15) is 0 Å². The first-order chi connectivity index (χ1) is 16.7. The quantitative estimate of drug-likeness (QED) is 0.294. The maximum Gasteiger partial charge on any atom is -0.000730 e. The molecule has 0 heterocycles. The lowest BCUT2D eigenvalue weighted by Crippen LogP contribution is -2.22. The fraction of sp³-hybridized carbons (Fsp3) is 0.118. The van der Waals surface area contributed by atoms with Gasteiger partial charge in [-0.15, -0.1) is 0 Å². The average Bonchev–Trinajstić information content (AvgIpc) is 3.53. The van der Waals surface area contributed by atoms with E-state index in [1.165, 1.54) is 59.8 Å². The number of fused-ring (bicyclic) bond motifs is 2. The molecular weight excluding hydrogens is 408 g/mol. The van der Waals surface area contributed by atoms with E-state index in [0.717, 1.165) is 6.42 Å². The molecule has 0 spiro atoms. The molecule has 0 aromatic heterocycles. The van der Waals surface area contributed by atoms with Gasteiger partial charge in [0.1, 0.15) is 0 Å². The molecule has 0 amide bonds. The van der Waals surface area contributed by atoms with Crippen LogP contribution in [0.1, 0.15) is 54.0 Å². The van der Waals surface area contributed by atoms with Gasteiger partial charge in [0.15, 0.2) is 0 Å². The monoisotopic (exact) mass is 435 g/mol. The summed E-state index contributed by atoms with van der Waals surface area (Å²) in [6.45, 7) is 4.64. The summed E-state index contributed by atoms with van der Waals surface area (Å²) < 4.78 is 0. The van der Waals surface area contributed by atoms with Gasteiger partial charge in [0, 0.05) is 0 Å². The summed E-state index contributed by atoms with van der Waals surface area (Å²) >= 11 is 0. The Hall–Kier alpha value is -3.90. The van der Waals surface area contributed by atoms with Crippen LogP contribution in [0.25, 0.3) is 17.2 Å². The van der Waals surface area contributed by atoms with Gasteiger partial charge in [0.2, 0.25) is 0 Å². The van der Waals surface area contributed by atoms with Gasteiger partial charge >= 0.3 is 0 Å². The van der Waals surface area contributed by atoms with Gasteiger partial charge in [-0.1, -0.05) is 117 Å². The van der Waals surface area contributed by atoms with E-state index in [1.54, 1.807) is 0 Å². The van der Waals surface area contributed by atoms with E-state index in [4.69, 9.17) is 0 Å². The predicted octanol–water partition coefficient (Wildman–Crippen LogP) is 6.71. The molecule has 0 aliphatic heterocycles. The first-order valence-electron chi connectivity index (χ1n) is 12.1. The second-order valence-corrected chi connectivity index (χ2v) is 9.39. The summed E-state index contributed by atoms with van der Waals surface area (Å²) in [5.41, 5.74) is 9.14. The van der Waals surface area contributed by atoms with Gasteiger partial charge in [-0.3, -0.25) is 0 Å². The van der Waals surface area contributed by atoms with E-state index in [2.05, 4.69) is 129 Å². The highest BCUT2D eigenvalue weighted by molar-refractivity contribution is 5.87. The third kappa shape index (κ3) is 3.38. The van der Waals surface area contributed by atoms with Gasteiger partial charge < -0.3 is 0 Å². The zero-order chi connectivity index (χ0) is 23.1. The normalized spacial score (nSPS) is 13.4. The van der Waals surface area contributed by atoms with Crippen molar-refractivity contribution in [2.24, 2.45) is 0 Å². The first-order valence-corrected chi connectivity index (χ1v) is 12.1. The van der Waals surface area contributed by atoms with Gasteiger partial charge in [0.25, 0.3) is 0 Å². The third-order valence-corrected chi connectivity index (χ3v) is 6.92. The Morgan fingerprint density at radius 2 is 1.41 bits per heavy atom. The molecule has 34 heavy (non-hydrogen) atoms. The molecule has 0 atom stereocenters. The van der Waals surface area contributed by atoms with Crippen LogP contribution >= 0.6 is 0 Å². The summed E-state index contributed by atoms with van der Waals surface area (Å²) in [4.78, 5) is 0. The number of hydrogen-bond acceptors (Lipinski definition) is 0. The minimum absolute atomic E-state index is 0.379. The predicted molar refractivity (Wildman–Crippen MR) is 143 cm³/mol. The van der Waals surface area contributed by atoms with E-state index >= 15 is 0 Å². The van der Waals surface area contributed by atoms with Crippen LogP contribution in [0.4, 0.5) is 0 Å². The highest BCUT2D eigenvalue weighted by Gasteiger charge is 2.21. The van der Waals surface area contributed by atoms with Crippen LogP contribution in [-0.2, 0) is 0 Å². The third-order valence-electron chi connectivity index (χ3n) is 6.92. The van der Waals surface area contributed by atoms with Crippen molar-refractivity contribution in [3.8, 4) is 0 Å². The number of rotatable bonds is 4. The molecule has 6 rings (SSSR count). The van der Waals surface area contributed by atoms with Crippen molar-refractivity contribution in [3.63, 3.8) is 0 Å². The summed E-state index contributed by atoms with van der Waals surface area (Å²) in [5.74, 6) is 0.379. The molecule has 2 aliphatic carbocycles. The van der Waals surface area contributed by atoms with Crippen LogP contribution in [0.15, 0.2) is 109 Å². The van der Waals surface area contributed by atoms with Crippen LogP contribution in [-0.4, -0.2) is 0 Å². The smallest absolute Gasteiger partial charge is 0.000730 e. The summed E-state index contributed by atoms with van der Waals surface area (Å²) in [6, 6.07) is 32.9. The second kappa shape index (κ2) is 8.47. The minimum Gasteiger partial charge on any atom is -0.0801 e. The van der Waals surface area contributed by atoms with Gasteiger partial charge in [-0.2, -0.15) is 0 Å². The zero-order valence-electron chi connectivity index (χ0n) is 19.7. The molecule has 0 fully saturated rings. The Kier molecular flexibility index (Phi) is 5.15. The first kappa shape index (κ1) is 20.7. The van der Waals surface area contributed by atoms with E-state index in [0.29, 0.717) is 5.92 Å². The topological polar surface area (TPSA) is 0 Å². The maximum absolute atomic E-state index is 3.81. The van der Waals surface area contributed by atoms with E-state index in [1.807, 2.05) is 0 Å². The molecule has 0 saturated heterocycles. The number of allylic oxidation sites excluding steroid dienone is 4. The fourth-order valence-electron chi connectivity index (χ4n) is 5.35. The van der Waals surface area contributed by atoms with Gasteiger partial charge in [-0.25, -0.2) is 0 Å². The summed E-state index contributed by atoms with van der Waals surface area (Å²) in [7, 11) is 0. The van der Waals surface area contributed by atoms with Crippen LogP contribution in [0.3, 0.4) is 0 Å². The summed E-state index contributed by atoms with van der Waals surface area (Å²) in [6.07, 6.45) is 11.5.